The van der Waals surface area contributed by atoms with Gasteiger partial charge in [0, 0.05) is 48.3 Å². The zero-order valence-electron chi connectivity index (χ0n) is 20.0. The van der Waals surface area contributed by atoms with Crippen LogP contribution in [-0.2, 0) is 6.54 Å². The van der Waals surface area contributed by atoms with E-state index >= 15 is 0 Å². The van der Waals surface area contributed by atoms with E-state index in [1.54, 1.807) is 0 Å². The first kappa shape index (κ1) is 22.2. The zero-order chi connectivity index (χ0) is 22.8. The van der Waals surface area contributed by atoms with Gasteiger partial charge in [0.05, 0.1) is 0 Å². The van der Waals surface area contributed by atoms with Gasteiger partial charge >= 0.3 is 0 Å². The maximum Gasteiger partial charge on any atom is 0.253 e. The number of aromatic amines is 1. The number of rotatable bonds is 5. The molecule has 33 heavy (non-hydrogen) atoms. The van der Waals surface area contributed by atoms with Crippen molar-refractivity contribution in [3.63, 3.8) is 0 Å². The molecule has 0 spiro atoms. The van der Waals surface area contributed by atoms with Crippen molar-refractivity contribution in [1.82, 2.24) is 19.7 Å². The average molecular weight is 445 g/mol. The number of H-pyrrole nitrogens is 1. The Morgan fingerprint density at radius 2 is 1.70 bits per heavy atom. The van der Waals surface area contributed by atoms with E-state index in [-0.39, 0.29) is 5.91 Å². The van der Waals surface area contributed by atoms with Crippen LogP contribution in [0.15, 0.2) is 54.7 Å². The normalized spacial score (nSPS) is 18.9. The lowest BCUT2D eigenvalue weighted by Crippen LogP contribution is -2.41. The second kappa shape index (κ2) is 9.70. The van der Waals surface area contributed by atoms with Gasteiger partial charge in [0.2, 0.25) is 0 Å². The smallest absolute Gasteiger partial charge is 0.253 e. The molecular weight excluding hydrogens is 408 g/mol. The number of likely N-dealkylation sites (tertiary alicyclic amines) is 2. The number of amides is 1. The number of carbonyl (C=O) groups is 1. The number of benzene rings is 2. The number of fused-ring (bicyclic) bond motifs is 1. The molecule has 2 aliphatic heterocycles. The molecule has 2 aromatic carbocycles. The van der Waals surface area contributed by atoms with Gasteiger partial charge in [-0.25, -0.2) is 0 Å². The largest absolute Gasteiger partial charge is 0.361 e. The maximum absolute atomic E-state index is 13.2. The Balaban J connectivity index is 1.21. The molecule has 1 aromatic heterocycles. The van der Waals surface area contributed by atoms with Crippen LogP contribution in [0.1, 0.15) is 53.1 Å². The molecule has 0 unspecified atom stereocenters. The number of hydrogen-bond acceptors (Lipinski definition) is 3. The van der Waals surface area contributed by atoms with Gasteiger partial charge in [-0.05, 0) is 82.0 Å². The summed E-state index contributed by atoms with van der Waals surface area (Å²) in [5, 5.41) is 1.24. The molecule has 1 N–H and O–H groups in total. The van der Waals surface area contributed by atoms with Crippen molar-refractivity contribution in [3.05, 3.63) is 71.4 Å². The van der Waals surface area contributed by atoms with E-state index in [0.29, 0.717) is 12.0 Å². The summed E-state index contributed by atoms with van der Waals surface area (Å²) in [5.41, 5.74) is 4.59. The summed E-state index contributed by atoms with van der Waals surface area (Å²) in [6, 6.07) is 17.6. The molecule has 3 heterocycles. The van der Waals surface area contributed by atoms with Crippen molar-refractivity contribution in [3.8, 4) is 0 Å². The molecule has 5 nitrogen and oxygen atoms in total. The van der Waals surface area contributed by atoms with Crippen molar-refractivity contribution in [2.75, 3.05) is 40.3 Å². The summed E-state index contributed by atoms with van der Waals surface area (Å²) < 4.78 is 0. The predicted molar refractivity (Wildman–Crippen MR) is 135 cm³/mol. The number of piperidine rings is 2. The Morgan fingerprint density at radius 1 is 0.970 bits per heavy atom. The van der Waals surface area contributed by atoms with Gasteiger partial charge in [0.1, 0.15) is 0 Å². The summed E-state index contributed by atoms with van der Waals surface area (Å²) in [5.74, 6) is 0.719. The van der Waals surface area contributed by atoms with Crippen molar-refractivity contribution >= 4 is 16.8 Å². The van der Waals surface area contributed by atoms with Gasteiger partial charge in [0.15, 0.2) is 0 Å². The van der Waals surface area contributed by atoms with Crippen LogP contribution in [0.2, 0.25) is 0 Å². The van der Waals surface area contributed by atoms with E-state index in [2.05, 4.69) is 71.5 Å². The van der Waals surface area contributed by atoms with Crippen LogP contribution >= 0.6 is 0 Å². The minimum Gasteiger partial charge on any atom is -0.361 e. The van der Waals surface area contributed by atoms with Crippen LogP contribution in [0.5, 0.6) is 0 Å². The third kappa shape index (κ3) is 4.85. The highest BCUT2D eigenvalue weighted by molar-refractivity contribution is 5.98. The monoisotopic (exact) mass is 444 g/mol. The van der Waals surface area contributed by atoms with Crippen molar-refractivity contribution in [1.29, 1.82) is 0 Å². The lowest BCUT2D eigenvalue weighted by atomic mass is 9.89. The van der Waals surface area contributed by atoms with E-state index in [9.17, 15) is 4.79 Å². The van der Waals surface area contributed by atoms with Crippen molar-refractivity contribution in [2.45, 2.75) is 44.2 Å². The number of nitrogens with zero attached hydrogens (tertiary/aromatic N) is 3. The van der Waals surface area contributed by atoms with E-state index in [1.165, 1.54) is 29.4 Å². The van der Waals surface area contributed by atoms with Crippen LogP contribution in [0.4, 0.5) is 0 Å². The molecule has 5 heteroatoms. The summed E-state index contributed by atoms with van der Waals surface area (Å²) >= 11 is 0. The van der Waals surface area contributed by atoms with Crippen LogP contribution in [0.3, 0.4) is 0 Å². The third-order valence-corrected chi connectivity index (χ3v) is 7.75. The van der Waals surface area contributed by atoms with E-state index < -0.39 is 0 Å². The summed E-state index contributed by atoms with van der Waals surface area (Å²) in [6.45, 7) is 4.92. The first-order valence-corrected chi connectivity index (χ1v) is 12.4. The maximum atomic E-state index is 13.2. The van der Waals surface area contributed by atoms with Crippen LogP contribution in [0, 0.1) is 0 Å². The lowest BCUT2D eigenvalue weighted by Gasteiger charge is -2.35. The highest BCUT2D eigenvalue weighted by Gasteiger charge is 2.25. The summed E-state index contributed by atoms with van der Waals surface area (Å²) in [7, 11) is 4.37. The molecule has 2 saturated heterocycles. The van der Waals surface area contributed by atoms with Gasteiger partial charge in [-0.15, -0.1) is 0 Å². The zero-order valence-corrected chi connectivity index (χ0v) is 20.0. The van der Waals surface area contributed by atoms with E-state index in [1.807, 2.05) is 17.0 Å². The Morgan fingerprint density at radius 3 is 2.39 bits per heavy atom. The highest BCUT2D eigenvalue weighted by atomic mass is 16.2. The standard InChI is InChI=1S/C28H36N4O/c1-30(2)25-12-14-31(15-13-25)20-24-19-29-27-18-23(8-9-26(24)27)28(33)32-16-10-22(11-17-32)21-6-4-3-5-7-21/h3-9,18-19,22,25,29H,10-17,20H2,1-2H3. The van der Waals surface area contributed by atoms with Crippen LogP contribution < -0.4 is 0 Å². The second-order valence-electron chi connectivity index (χ2n) is 10.0. The summed E-state index contributed by atoms with van der Waals surface area (Å²) in [4.78, 5) is 23.6. The molecule has 2 aliphatic rings. The average Bonchev–Trinajstić information content (AvgIpc) is 3.26. The molecule has 2 fully saturated rings. The Bertz CT molecular complexity index is 1070. The summed E-state index contributed by atoms with van der Waals surface area (Å²) in [6.07, 6.45) is 6.66. The second-order valence-corrected chi connectivity index (χ2v) is 10.0. The Labute approximate surface area is 197 Å². The van der Waals surface area contributed by atoms with Gasteiger partial charge in [0.25, 0.3) is 5.91 Å². The molecule has 0 bridgehead atoms. The van der Waals surface area contributed by atoms with Crippen molar-refractivity contribution in [2.24, 2.45) is 0 Å². The van der Waals surface area contributed by atoms with Gasteiger partial charge in [-0.1, -0.05) is 36.4 Å². The predicted octanol–water partition coefficient (Wildman–Crippen LogP) is 4.71. The van der Waals surface area contributed by atoms with Crippen LogP contribution in [0.25, 0.3) is 10.9 Å². The molecule has 0 radical (unpaired) electrons. The van der Waals surface area contributed by atoms with Crippen molar-refractivity contribution < 1.29 is 4.79 Å². The molecule has 174 valence electrons. The molecule has 3 aromatic rings. The van der Waals surface area contributed by atoms with Gasteiger partial charge < -0.3 is 14.8 Å². The fraction of sp³-hybridized carbons (Fsp3) is 0.464. The minimum absolute atomic E-state index is 0.158. The first-order chi connectivity index (χ1) is 16.1. The third-order valence-electron chi connectivity index (χ3n) is 7.75. The fourth-order valence-electron chi connectivity index (χ4n) is 5.61. The highest BCUT2D eigenvalue weighted by Crippen LogP contribution is 2.29. The van der Waals surface area contributed by atoms with E-state index in [0.717, 1.165) is 56.6 Å². The number of aromatic nitrogens is 1. The molecule has 5 rings (SSSR count). The topological polar surface area (TPSA) is 42.6 Å². The van der Waals surface area contributed by atoms with Gasteiger partial charge in [-0.3, -0.25) is 9.69 Å². The minimum atomic E-state index is 0.158. The van der Waals surface area contributed by atoms with Gasteiger partial charge in [-0.2, -0.15) is 0 Å². The number of nitrogens with one attached hydrogen (secondary N) is 1. The molecule has 0 aliphatic carbocycles. The van der Waals surface area contributed by atoms with Crippen LogP contribution in [-0.4, -0.2) is 71.9 Å². The molecule has 0 atom stereocenters. The molecular formula is C28H36N4O. The Hall–Kier alpha value is -2.63. The molecule has 0 saturated carbocycles. The first-order valence-electron chi connectivity index (χ1n) is 12.4. The molecule has 1 amide bonds. The Kier molecular flexibility index (Phi) is 6.52. The quantitative estimate of drug-likeness (QED) is 0.620. The number of carbonyl (C=O) groups excluding carboxylic acids is 1. The fourth-order valence-corrected chi connectivity index (χ4v) is 5.61. The number of hydrogen-bond donors (Lipinski definition) is 1. The SMILES string of the molecule is CN(C)C1CCN(Cc2c[nH]c3cc(C(=O)N4CCC(c5ccccc5)CC4)ccc23)CC1. The lowest BCUT2D eigenvalue weighted by molar-refractivity contribution is 0.0713. The van der Waals surface area contributed by atoms with E-state index in [4.69, 9.17) is 0 Å².